The highest BCUT2D eigenvalue weighted by molar-refractivity contribution is 8.00. The predicted octanol–water partition coefficient (Wildman–Crippen LogP) is 3.07. The van der Waals surface area contributed by atoms with E-state index >= 15 is 0 Å². The minimum absolute atomic E-state index is 0.185. The maximum atomic E-state index is 5.77. The summed E-state index contributed by atoms with van der Waals surface area (Å²) in [5, 5.41) is 0.185. The SMILES string of the molecule is CSC1(/C=C/C(C)Cl)CC1. The zero-order valence-electron chi connectivity index (χ0n) is 6.43. The number of thioether (sulfide) groups is 1. The number of hydrogen-bond donors (Lipinski definition) is 0. The molecule has 0 spiro atoms. The molecule has 58 valence electrons. The molecule has 1 aliphatic carbocycles. The van der Waals surface area contributed by atoms with Gasteiger partial charge in [-0.1, -0.05) is 12.2 Å². The van der Waals surface area contributed by atoms with Crippen molar-refractivity contribution in [2.45, 2.75) is 29.9 Å². The molecule has 0 heterocycles. The highest BCUT2D eigenvalue weighted by atomic mass is 35.5. The van der Waals surface area contributed by atoms with Gasteiger partial charge in [-0.3, -0.25) is 0 Å². The van der Waals surface area contributed by atoms with E-state index < -0.39 is 0 Å². The lowest BCUT2D eigenvalue weighted by atomic mass is 10.3. The quantitative estimate of drug-likeness (QED) is 0.471. The molecule has 0 aromatic heterocycles. The average Bonchev–Trinajstić information content (AvgIpc) is 2.64. The zero-order valence-corrected chi connectivity index (χ0v) is 8.00. The number of allylic oxidation sites excluding steroid dienone is 1. The molecule has 2 heteroatoms. The van der Waals surface area contributed by atoms with Gasteiger partial charge in [-0.15, -0.1) is 11.6 Å². The molecule has 0 amide bonds. The maximum absolute atomic E-state index is 5.77. The summed E-state index contributed by atoms with van der Waals surface area (Å²) in [4.78, 5) is 0. The third kappa shape index (κ3) is 2.21. The van der Waals surface area contributed by atoms with Crippen LogP contribution in [0.4, 0.5) is 0 Å². The van der Waals surface area contributed by atoms with Gasteiger partial charge in [0.2, 0.25) is 0 Å². The molecule has 1 atom stereocenters. The fourth-order valence-electron chi connectivity index (χ4n) is 0.870. The van der Waals surface area contributed by atoms with E-state index in [1.165, 1.54) is 12.8 Å². The Kier molecular flexibility index (Phi) is 2.70. The first-order valence-electron chi connectivity index (χ1n) is 3.57. The van der Waals surface area contributed by atoms with Crippen LogP contribution >= 0.6 is 23.4 Å². The van der Waals surface area contributed by atoms with Crippen molar-refractivity contribution >= 4 is 23.4 Å². The van der Waals surface area contributed by atoms with E-state index in [2.05, 4.69) is 18.4 Å². The topological polar surface area (TPSA) is 0 Å². The van der Waals surface area contributed by atoms with Gasteiger partial charge in [0.1, 0.15) is 0 Å². The smallest absolute Gasteiger partial charge is 0.0488 e. The van der Waals surface area contributed by atoms with Gasteiger partial charge in [0.05, 0.1) is 0 Å². The van der Waals surface area contributed by atoms with Crippen LogP contribution in [-0.4, -0.2) is 16.4 Å². The lowest BCUT2D eigenvalue weighted by Crippen LogP contribution is -1.96. The maximum Gasteiger partial charge on any atom is 0.0488 e. The van der Waals surface area contributed by atoms with Crippen LogP contribution in [0.15, 0.2) is 12.2 Å². The van der Waals surface area contributed by atoms with Gasteiger partial charge >= 0.3 is 0 Å². The number of rotatable bonds is 3. The summed E-state index contributed by atoms with van der Waals surface area (Å²) >= 11 is 7.71. The van der Waals surface area contributed by atoms with E-state index in [4.69, 9.17) is 11.6 Å². The Labute approximate surface area is 72.0 Å². The van der Waals surface area contributed by atoms with E-state index in [0.717, 1.165) is 0 Å². The van der Waals surface area contributed by atoms with Crippen molar-refractivity contribution in [3.63, 3.8) is 0 Å². The molecule has 1 aliphatic rings. The average molecular weight is 177 g/mol. The summed E-state index contributed by atoms with van der Waals surface area (Å²) in [6.07, 6.45) is 9.17. The summed E-state index contributed by atoms with van der Waals surface area (Å²) in [6.45, 7) is 1.99. The predicted molar refractivity (Wildman–Crippen MR) is 49.9 cm³/mol. The van der Waals surface area contributed by atoms with E-state index in [0.29, 0.717) is 4.75 Å². The monoisotopic (exact) mass is 176 g/mol. The standard InChI is InChI=1S/C8H13ClS/c1-7(9)3-4-8(10-2)5-6-8/h3-4,7H,5-6H2,1-2H3/b4-3+. The van der Waals surface area contributed by atoms with Gasteiger partial charge in [-0.2, -0.15) is 11.8 Å². The molecule has 0 radical (unpaired) electrons. The van der Waals surface area contributed by atoms with Crippen molar-refractivity contribution in [1.29, 1.82) is 0 Å². The Balaban J connectivity index is 2.36. The van der Waals surface area contributed by atoms with Crippen molar-refractivity contribution in [2.24, 2.45) is 0 Å². The largest absolute Gasteiger partial charge is 0.154 e. The normalized spacial score (nSPS) is 25.1. The van der Waals surface area contributed by atoms with Gasteiger partial charge < -0.3 is 0 Å². The van der Waals surface area contributed by atoms with Crippen molar-refractivity contribution < 1.29 is 0 Å². The Morgan fingerprint density at radius 2 is 2.20 bits per heavy atom. The Hall–Kier alpha value is 0.380. The molecule has 0 nitrogen and oxygen atoms in total. The summed E-state index contributed by atoms with van der Waals surface area (Å²) in [5.74, 6) is 0. The first-order chi connectivity index (χ1) is 4.68. The Morgan fingerprint density at radius 1 is 1.60 bits per heavy atom. The fourth-order valence-corrected chi connectivity index (χ4v) is 1.67. The second-order valence-corrected chi connectivity index (χ2v) is 4.72. The Morgan fingerprint density at radius 3 is 2.50 bits per heavy atom. The van der Waals surface area contributed by atoms with Crippen LogP contribution in [0.1, 0.15) is 19.8 Å². The molecule has 0 aliphatic heterocycles. The summed E-state index contributed by atoms with van der Waals surface area (Å²) in [5.41, 5.74) is 0. The highest BCUT2D eigenvalue weighted by Gasteiger charge is 2.38. The number of alkyl halides is 1. The van der Waals surface area contributed by atoms with Crippen molar-refractivity contribution in [3.8, 4) is 0 Å². The van der Waals surface area contributed by atoms with Crippen LogP contribution in [0.25, 0.3) is 0 Å². The first-order valence-corrected chi connectivity index (χ1v) is 5.23. The first kappa shape index (κ1) is 8.48. The molecule has 10 heavy (non-hydrogen) atoms. The lowest BCUT2D eigenvalue weighted by molar-refractivity contribution is 1.14. The molecule has 0 bridgehead atoms. The third-order valence-corrected chi connectivity index (χ3v) is 3.32. The van der Waals surface area contributed by atoms with E-state index in [1.807, 2.05) is 18.7 Å². The van der Waals surface area contributed by atoms with E-state index in [1.54, 1.807) is 0 Å². The molecule has 1 rings (SSSR count). The highest BCUT2D eigenvalue weighted by Crippen LogP contribution is 2.48. The minimum atomic E-state index is 0.185. The molecule has 0 aromatic rings. The van der Waals surface area contributed by atoms with Crippen LogP contribution < -0.4 is 0 Å². The fraction of sp³-hybridized carbons (Fsp3) is 0.750. The van der Waals surface area contributed by atoms with Crippen LogP contribution in [0.5, 0.6) is 0 Å². The summed E-state index contributed by atoms with van der Waals surface area (Å²) < 4.78 is 0.475. The molecule has 1 unspecified atom stereocenters. The van der Waals surface area contributed by atoms with Gasteiger partial charge in [-0.25, -0.2) is 0 Å². The molecular weight excluding hydrogens is 164 g/mol. The van der Waals surface area contributed by atoms with Crippen LogP contribution in [-0.2, 0) is 0 Å². The zero-order chi connectivity index (χ0) is 7.61. The van der Waals surface area contributed by atoms with Gasteiger partial charge in [0, 0.05) is 10.1 Å². The molecule has 1 saturated carbocycles. The lowest BCUT2D eigenvalue weighted by Gasteiger charge is -2.03. The second kappa shape index (κ2) is 3.19. The molecule has 0 aromatic carbocycles. The summed E-state index contributed by atoms with van der Waals surface area (Å²) in [6, 6.07) is 0. The molecular formula is C8H13ClS. The molecule has 1 fully saturated rings. The Bertz CT molecular complexity index is 136. The van der Waals surface area contributed by atoms with Crippen LogP contribution in [0, 0.1) is 0 Å². The molecule has 0 N–H and O–H groups in total. The van der Waals surface area contributed by atoms with Gasteiger partial charge in [0.25, 0.3) is 0 Å². The van der Waals surface area contributed by atoms with Crippen molar-refractivity contribution in [3.05, 3.63) is 12.2 Å². The van der Waals surface area contributed by atoms with Gasteiger partial charge in [0.15, 0.2) is 0 Å². The third-order valence-electron chi connectivity index (χ3n) is 1.81. The van der Waals surface area contributed by atoms with Crippen LogP contribution in [0.3, 0.4) is 0 Å². The van der Waals surface area contributed by atoms with Gasteiger partial charge in [-0.05, 0) is 26.0 Å². The van der Waals surface area contributed by atoms with Crippen LogP contribution in [0.2, 0.25) is 0 Å². The van der Waals surface area contributed by atoms with E-state index in [9.17, 15) is 0 Å². The minimum Gasteiger partial charge on any atom is -0.154 e. The van der Waals surface area contributed by atoms with Crippen molar-refractivity contribution in [2.75, 3.05) is 6.26 Å². The second-order valence-electron chi connectivity index (χ2n) is 2.81. The number of halogens is 1. The molecule has 0 saturated heterocycles. The number of hydrogen-bond acceptors (Lipinski definition) is 1. The van der Waals surface area contributed by atoms with Crippen molar-refractivity contribution in [1.82, 2.24) is 0 Å². The summed E-state index contributed by atoms with van der Waals surface area (Å²) in [7, 11) is 0. The van der Waals surface area contributed by atoms with E-state index in [-0.39, 0.29) is 5.38 Å².